The first-order valence-electron chi connectivity index (χ1n) is 26.5. The predicted molar refractivity (Wildman–Crippen MR) is 320 cm³/mol. The topological polar surface area (TPSA) is 9.72 Å². The summed E-state index contributed by atoms with van der Waals surface area (Å²) in [5.41, 5.74) is 18.0. The third-order valence-corrected chi connectivity index (χ3v) is 15.2. The predicted octanol–water partition coefficient (Wildman–Crippen LogP) is 19.9. The van der Waals surface area contributed by atoms with E-state index < -0.39 is 0 Å². The molecule has 0 saturated carbocycles. The van der Waals surface area contributed by atoms with Crippen LogP contribution < -0.4 is 14.7 Å². The van der Waals surface area contributed by atoms with Gasteiger partial charge in [0.05, 0.1) is 11.7 Å². The van der Waals surface area contributed by atoms with Crippen molar-refractivity contribution in [3.8, 4) is 11.1 Å². The van der Waals surface area contributed by atoms with Gasteiger partial charge in [-0.3, -0.25) is 0 Å². The molecule has 0 bridgehead atoms. The van der Waals surface area contributed by atoms with Gasteiger partial charge in [0.15, 0.2) is 0 Å². The summed E-state index contributed by atoms with van der Waals surface area (Å²) in [6, 6.07) is 84.6. The van der Waals surface area contributed by atoms with Gasteiger partial charge in [0.1, 0.15) is 0 Å². The van der Waals surface area contributed by atoms with Crippen molar-refractivity contribution in [3.05, 3.63) is 301 Å². The first-order valence-corrected chi connectivity index (χ1v) is 26.5. The van der Waals surface area contributed by atoms with Crippen LogP contribution in [-0.4, -0.2) is 6.04 Å². The fraction of sp³-hybridized carbons (Fsp3) is 0.111. The van der Waals surface area contributed by atoms with E-state index in [1.165, 1.54) is 71.9 Å². The number of aryl methyl sites for hydroxylation is 2. The molecule has 364 valence electrons. The van der Waals surface area contributed by atoms with Gasteiger partial charge in [-0.15, -0.1) is 0 Å². The van der Waals surface area contributed by atoms with Gasteiger partial charge in [0.25, 0.3) is 0 Å². The van der Waals surface area contributed by atoms with Gasteiger partial charge in [-0.1, -0.05) is 195 Å². The van der Waals surface area contributed by atoms with Gasteiger partial charge in [0.2, 0.25) is 0 Å². The lowest BCUT2D eigenvalue weighted by Gasteiger charge is -2.35. The largest absolute Gasteiger partial charge is 0.334 e. The fourth-order valence-electron chi connectivity index (χ4n) is 11.7. The number of anilines is 8. The first kappa shape index (κ1) is 47.1. The highest BCUT2D eigenvalue weighted by molar-refractivity contribution is 6.14. The molecule has 3 nitrogen and oxygen atoms in total. The number of allylic oxidation sites excluding steroid dienone is 6. The van der Waals surface area contributed by atoms with E-state index in [0.717, 1.165) is 47.0 Å². The van der Waals surface area contributed by atoms with Crippen LogP contribution in [0.15, 0.2) is 279 Å². The smallest absolute Gasteiger partial charge is 0.0560 e. The highest BCUT2D eigenvalue weighted by Gasteiger charge is 2.27. The second kappa shape index (κ2) is 20.9. The Morgan fingerprint density at radius 2 is 0.840 bits per heavy atom. The quantitative estimate of drug-likeness (QED) is 0.114. The molecule has 12 rings (SSSR count). The second-order valence-electron chi connectivity index (χ2n) is 20.2. The van der Waals surface area contributed by atoms with E-state index in [4.69, 9.17) is 0 Å². The second-order valence-corrected chi connectivity index (χ2v) is 20.2. The maximum absolute atomic E-state index is 2.58. The van der Waals surface area contributed by atoms with Crippen molar-refractivity contribution < 1.29 is 0 Å². The summed E-state index contributed by atoms with van der Waals surface area (Å²) in [5, 5.41) is 4.90. The zero-order valence-electron chi connectivity index (χ0n) is 43.0. The minimum atomic E-state index is 0.143. The molecule has 2 aliphatic carbocycles. The fourth-order valence-corrected chi connectivity index (χ4v) is 11.7. The summed E-state index contributed by atoms with van der Waals surface area (Å²) in [5.74, 6) is 0.723. The molecular weight excluding hydrogens is 907 g/mol. The van der Waals surface area contributed by atoms with E-state index in [-0.39, 0.29) is 12.0 Å². The van der Waals surface area contributed by atoms with Crippen LogP contribution in [0.1, 0.15) is 47.9 Å². The van der Waals surface area contributed by atoms with E-state index in [1.807, 2.05) is 0 Å². The molecule has 10 aromatic rings. The average molecular weight is 968 g/mol. The van der Waals surface area contributed by atoms with Gasteiger partial charge in [-0.25, -0.2) is 0 Å². The van der Waals surface area contributed by atoms with E-state index in [1.54, 1.807) is 0 Å². The molecule has 0 saturated heterocycles. The number of hydrogen-bond acceptors (Lipinski definition) is 3. The number of benzene rings is 10. The van der Waals surface area contributed by atoms with E-state index in [2.05, 4.69) is 309 Å². The Bertz CT molecular complexity index is 3700. The minimum Gasteiger partial charge on any atom is -0.334 e. The molecule has 0 N–H and O–H groups in total. The van der Waals surface area contributed by atoms with E-state index in [9.17, 15) is 0 Å². The molecule has 3 heteroatoms. The molecular formula is C72H61N3. The lowest BCUT2D eigenvalue weighted by molar-refractivity contribution is 0.722. The number of para-hydroxylation sites is 3. The molecule has 3 atom stereocenters. The van der Waals surface area contributed by atoms with Crippen LogP contribution in [0.4, 0.5) is 45.5 Å². The van der Waals surface area contributed by atoms with Gasteiger partial charge >= 0.3 is 0 Å². The van der Waals surface area contributed by atoms with Crippen LogP contribution >= 0.6 is 0 Å². The summed E-state index contributed by atoms with van der Waals surface area (Å²) in [7, 11) is 0. The summed E-state index contributed by atoms with van der Waals surface area (Å²) >= 11 is 0. The number of nitrogens with zero attached hydrogens (tertiary/aromatic N) is 3. The van der Waals surface area contributed by atoms with Crippen molar-refractivity contribution in [1.82, 2.24) is 0 Å². The SMILES string of the molecule is Cc1cc(N(c2ccccc2)c2ccc(N(c3ccccc3)c3ccccc3)cc2)c2ccccc2c1-c1c(C)cc(N(c2ccc(C(C3=CCC(C)C=C3)c3ccccc3)cc2)C2C=CC=CC2)c2ccccc12. The molecule has 0 aromatic heterocycles. The third-order valence-electron chi connectivity index (χ3n) is 15.2. The van der Waals surface area contributed by atoms with Crippen LogP contribution in [-0.2, 0) is 0 Å². The third kappa shape index (κ3) is 9.28. The van der Waals surface area contributed by atoms with Crippen molar-refractivity contribution in [2.45, 2.75) is 45.6 Å². The van der Waals surface area contributed by atoms with Crippen molar-refractivity contribution in [3.63, 3.8) is 0 Å². The van der Waals surface area contributed by atoms with Crippen molar-refractivity contribution in [2.24, 2.45) is 5.92 Å². The lowest BCUT2D eigenvalue weighted by atomic mass is 9.81. The molecule has 75 heavy (non-hydrogen) atoms. The summed E-state index contributed by atoms with van der Waals surface area (Å²) in [6.07, 6.45) is 18.2. The monoisotopic (exact) mass is 967 g/mol. The standard InChI is InChI=1S/C72H61N3/c1-51-37-39-55(40-38-51)72(54-23-9-4-10-24-54)56-41-43-62(44-42-56)74(59-29-15-7-16-30-59)68-49-52(2)70(66-35-21-19-33-64(66)68)71-53(3)50-69(65-34-20-22-36-67(65)71)75(60-31-17-8-18-32-60)63-47-45-61(46-48-63)73(57-25-11-5-12-26-57)58-27-13-6-14-28-58/h4-29,31-37,39-51,59,72H,30,38H2,1-3H3. The van der Waals surface area contributed by atoms with Gasteiger partial charge in [0, 0.05) is 56.5 Å². The van der Waals surface area contributed by atoms with Gasteiger partial charge in [-0.05, 0) is 167 Å². The molecule has 0 spiro atoms. The Morgan fingerprint density at radius 3 is 1.36 bits per heavy atom. The van der Waals surface area contributed by atoms with Crippen LogP contribution in [0.5, 0.6) is 0 Å². The van der Waals surface area contributed by atoms with E-state index >= 15 is 0 Å². The Kier molecular flexibility index (Phi) is 13.1. The minimum absolute atomic E-state index is 0.143. The number of fused-ring (bicyclic) bond motifs is 2. The summed E-state index contributed by atoms with van der Waals surface area (Å²) < 4.78 is 0. The van der Waals surface area contributed by atoms with Crippen LogP contribution in [0.25, 0.3) is 32.7 Å². The van der Waals surface area contributed by atoms with E-state index in [0.29, 0.717) is 5.92 Å². The molecule has 3 unspecified atom stereocenters. The summed E-state index contributed by atoms with van der Waals surface area (Å²) in [4.78, 5) is 7.32. The average Bonchev–Trinajstić information content (AvgIpc) is 3.47. The maximum atomic E-state index is 2.58. The number of rotatable bonds is 13. The molecule has 0 heterocycles. The molecule has 0 aliphatic heterocycles. The van der Waals surface area contributed by atoms with Crippen LogP contribution in [0.3, 0.4) is 0 Å². The molecule has 0 fully saturated rings. The van der Waals surface area contributed by atoms with Crippen LogP contribution in [0, 0.1) is 19.8 Å². The van der Waals surface area contributed by atoms with Crippen molar-refractivity contribution in [1.29, 1.82) is 0 Å². The molecule has 2 aliphatic rings. The Hall–Kier alpha value is -8.92. The van der Waals surface area contributed by atoms with Crippen molar-refractivity contribution >= 4 is 67.0 Å². The highest BCUT2D eigenvalue weighted by atomic mass is 15.2. The van der Waals surface area contributed by atoms with Crippen LogP contribution in [0.2, 0.25) is 0 Å². The Labute approximate surface area is 443 Å². The van der Waals surface area contributed by atoms with Gasteiger partial charge in [-0.2, -0.15) is 0 Å². The summed E-state index contributed by atoms with van der Waals surface area (Å²) in [6.45, 7) is 6.91. The molecule has 0 radical (unpaired) electrons. The zero-order valence-corrected chi connectivity index (χ0v) is 43.0. The lowest BCUT2D eigenvalue weighted by Crippen LogP contribution is -2.30. The number of hydrogen-bond donors (Lipinski definition) is 0. The molecule has 0 amide bonds. The Balaban J connectivity index is 0.969. The Morgan fingerprint density at radius 1 is 0.400 bits per heavy atom. The molecule has 10 aromatic carbocycles. The first-order chi connectivity index (χ1) is 37.0. The van der Waals surface area contributed by atoms with Gasteiger partial charge < -0.3 is 14.7 Å². The van der Waals surface area contributed by atoms with Crippen molar-refractivity contribution in [2.75, 3.05) is 14.7 Å². The normalized spacial score (nSPS) is 15.4. The maximum Gasteiger partial charge on any atom is 0.0560 e. The highest BCUT2D eigenvalue weighted by Crippen LogP contribution is 2.49. The zero-order chi connectivity index (χ0) is 50.7.